The van der Waals surface area contributed by atoms with Gasteiger partial charge in [-0.15, -0.1) is 0 Å². The van der Waals surface area contributed by atoms with E-state index in [1.54, 1.807) is 4.90 Å². The molecule has 2 aliphatic heterocycles. The molecule has 1 amide bonds. The van der Waals surface area contributed by atoms with Crippen LogP contribution in [0.25, 0.3) is 0 Å². The Morgan fingerprint density at radius 3 is 2.76 bits per heavy atom. The molecule has 2 atom stereocenters. The standard InChI is InChI=1S/C24H24F3N5O4S/c25-16-2-4-20(30-10-16)31-19-8-14(22(33)32-12-24(32)5-6-37(34,35)13-24)1-3-18(19)21(28)15-7-17(11-29-9-15)36-23(26)27/h2,4,7,9-11,14,23,28H,1,3,5-6,8,12-13H2,(H,30,31)/t14-,24-,32?/m1/s1. The molecule has 0 bridgehead atoms. The van der Waals surface area contributed by atoms with Crippen molar-refractivity contribution in [1.82, 2.24) is 14.9 Å². The highest BCUT2D eigenvalue weighted by molar-refractivity contribution is 7.91. The van der Waals surface area contributed by atoms with Crippen LogP contribution in [0.15, 0.2) is 48.1 Å². The van der Waals surface area contributed by atoms with Crippen LogP contribution in [0.3, 0.4) is 0 Å². The Hall–Kier alpha value is -3.48. The molecule has 2 aromatic heterocycles. The van der Waals surface area contributed by atoms with Crippen LogP contribution in [0.4, 0.5) is 19.0 Å². The Morgan fingerprint density at radius 1 is 1.27 bits per heavy atom. The van der Waals surface area contributed by atoms with E-state index < -0.39 is 33.7 Å². The summed E-state index contributed by atoms with van der Waals surface area (Å²) in [7, 11) is -3.15. The van der Waals surface area contributed by atoms with Gasteiger partial charge in [-0.05, 0) is 49.5 Å². The van der Waals surface area contributed by atoms with Gasteiger partial charge in [0.25, 0.3) is 0 Å². The summed E-state index contributed by atoms with van der Waals surface area (Å²) < 4.78 is 67.1. The molecule has 5 rings (SSSR count). The molecular weight excluding hydrogens is 511 g/mol. The summed E-state index contributed by atoms with van der Waals surface area (Å²) in [5.41, 5.74) is 0.729. The lowest BCUT2D eigenvalue weighted by Gasteiger charge is -2.28. The number of ether oxygens (including phenoxy) is 1. The number of rotatable bonds is 7. The van der Waals surface area contributed by atoms with E-state index >= 15 is 0 Å². The van der Waals surface area contributed by atoms with E-state index in [1.807, 2.05) is 0 Å². The minimum atomic E-state index is -3.15. The molecule has 0 saturated carbocycles. The number of amides is 1. The van der Waals surface area contributed by atoms with Crippen molar-refractivity contribution in [3.63, 3.8) is 0 Å². The summed E-state index contributed by atoms with van der Waals surface area (Å²) in [5.74, 6) is -0.920. The molecule has 1 spiro atoms. The monoisotopic (exact) mass is 535 g/mol. The third kappa shape index (κ3) is 5.31. The summed E-state index contributed by atoms with van der Waals surface area (Å²) >= 11 is 0. The zero-order chi connectivity index (χ0) is 26.4. The molecule has 37 heavy (non-hydrogen) atoms. The van der Waals surface area contributed by atoms with E-state index in [0.29, 0.717) is 42.9 Å². The second kappa shape index (κ2) is 9.43. The summed E-state index contributed by atoms with van der Waals surface area (Å²) in [4.78, 5) is 22.9. The van der Waals surface area contributed by atoms with E-state index in [2.05, 4.69) is 20.0 Å². The van der Waals surface area contributed by atoms with E-state index in [4.69, 9.17) is 5.41 Å². The van der Waals surface area contributed by atoms with Crippen LogP contribution in [-0.2, 0) is 14.6 Å². The fraction of sp³-hybridized carbons (Fsp3) is 0.417. The molecule has 13 heteroatoms. The lowest BCUT2D eigenvalue weighted by Crippen LogP contribution is -2.33. The number of pyridine rings is 2. The van der Waals surface area contributed by atoms with Gasteiger partial charge in [-0.3, -0.25) is 15.2 Å². The molecule has 0 unspecified atom stereocenters. The maximum atomic E-state index is 13.4. The number of carbonyl (C=O) groups excluding carboxylic acids is 1. The Labute approximate surface area is 211 Å². The number of anilines is 1. The first kappa shape index (κ1) is 25.2. The van der Waals surface area contributed by atoms with Crippen LogP contribution in [0, 0.1) is 17.1 Å². The SMILES string of the molecule is N=C(C1=C(Nc2ccc(F)cn2)C[C@H](C(=O)N2C[C@@]23CCS(=O)(=O)C3)CC1)c1cncc(OC(F)F)c1. The van der Waals surface area contributed by atoms with Gasteiger partial charge in [0.1, 0.15) is 17.4 Å². The first-order chi connectivity index (χ1) is 17.6. The zero-order valence-electron chi connectivity index (χ0n) is 19.6. The minimum absolute atomic E-state index is 0.0150. The molecule has 2 fully saturated rings. The molecule has 2 aromatic rings. The maximum Gasteiger partial charge on any atom is 0.387 e. The molecule has 3 aliphatic rings. The smallest absolute Gasteiger partial charge is 0.387 e. The van der Waals surface area contributed by atoms with Crippen molar-refractivity contribution < 1.29 is 31.1 Å². The van der Waals surface area contributed by atoms with Crippen molar-refractivity contribution in [2.45, 2.75) is 37.8 Å². The van der Waals surface area contributed by atoms with Gasteiger partial charge in [0.2, 0.25) is 5.91 Å². The third-order valence-corrected chi connectivity index (χ3v) is 8.80. The number of sulfone groups is 1. The maximum absolute atomic E-state index is 13.4. The van der Waals surface area contributed by atoms with E-state index in [-0.39, 0.29) is 40.9 Å². The van der Waals surface area contributed by atoms with Gasteiger partial charge < -0.3 is 15.0 Å². The van der Waals surface area contributed by atoms with Gasteiger partial charge in [0.05, 0.1) is 35.2 Å². The van der Waals surface area contributed by atoms with E-state index in [9.17, 15) is 26.4 Å². The van der Waals surface area contributed by atoms with Crippen molar-refractivity contribution in [1.29, 1.82) is 5.41 Å². The van der Waals surface area contributed by atoms with Crippen molar-refractivity contribution in [3.8, 4) is 5.75 Å². The van der Waals surface area contributed by atoms with Gasteiger partial charge >= 0.3 is 6.61 Å². The minimum Gasteiger partial charge on any atom is -0.433 e. The van der Waals surface area contributed by atoms with Gasteiger partial charge in [-0.1, -0.05) is 0 Å². The van der Waals surface area contributed by atoms with Crippen LogP contribution < -0.4 is 10.1 Å². The number of halogens is 3. The molecule has 9 nitrogen and oxygen atoms in total. The molecule has 4 heterocycles. The molecular formula is C24H24F3N5O4S. The van der Waals surface area contributed by atoms with Crippen molar-refractivity contribution >= 4 is 27.3 Å². The Bertz CT molecular complexity index is 1380. The summed E-state index contributed by atoms with van der Waals surface area (Å²) in [6, 6.07) is 3.94. The highest BCUT2D eigenvalue weighted by Gasteiger charge is 2.61. The predicted octanol–water partition coefficient (Wildman–Crippen LogP) is 3.15. The fourth-order valence-corrected chi connectivity index (χ4v) is 7.13. The Balaban J connectivity index is 1.40. The summed E-state index contributed by atoms with van der Waals surface area (Å²) in [6.07, 6.45) is 4.91. The average molecular weight is 536 g/mol. The highest BCUT2D eigenvalue weighted by atomic mass is 32.2. The zero-order valence-corrected chi connectivity index (χ0v) is 20.4. The van der Waals surface area contributed by atoms with Crippen LogP contribution in [0.1, 0.15) is 31.2 Å². The summed E-state index contributed by atoms with van der Waals surface area (Å²) in [5, 5.41) is 11.9. The Morgan fingerprint density at radius 2 is 2.08 bits per heavy atom. The van der Waals surface area contributed by atoms with Crippen molar-refractivity contribution in [2.75, 3.05) is 23.4 Å². The lowest BCUT2D eigenvalue weighted by atomic mass is 9.83. The lowest BCUT2D eigenvalue weighted by molar-refractivity contribution is -0.131. The molecule has 0 aromatic carbocycles. The predicted molar refractivity (Wildman–Crippen MR) is 128 cm³/mol. The number of alkyl halides is 2. The fourth-order valence-electron chi connectivity index (χ4n) is 5.08. The molecule has 196 valence electrons. The highest BCUT2D eigenvalue weighted by Crippen LogP contribution is 2.45. The van der Waals surface area contributed by atoms with Crippen LogP contribution in [0.5, 0.6) is 5.75 Å². The van der Waals surface area contributed by atoms with Crippen molar-refractivity contribution in [3.05, 3.63) is 59.4 Å². The van der Waals surface area contributed by atoms with E-state index in [1.165, 1.54) is 24.4 Å². The summed E-state index contributed by atoms with van der Waals surface area (Å²) in [6.45, 7) is -2.62. The first-order valence-corrected chi connectivity index (χ1v) is 13.5. The number of aromatic nitrogens is 2. The first-order valence-electron chi connectivity index (χ1n) is 11.7. The molecule has 1 aliphatic carbocycles. The van der Waals surface area contributed by atoms with Crippen molar-refractivity contribution in [2.24, 2.45) is 5.92 Å². The van der Waals surface area contributed by atoms with Crippen LogP contribution in [-0.4, -0.2) is 65.1 Å². The number of hydrogen-bond acceptors (Lipinski definition) is 8. The van der Waals surface area contributed by atoms with Gasteiger partial charge in [0, 0.05) is 29.9 Å². The molecule has 2 N–H and O–H groups in total. The number of allylic oxidation sites excluding steroid dienone is 2. The largest absolute Gasteiger partial charge is 0.433 e. The molecule has 2 saturated heterocycles. The Kier molecular flexibility index (Phi) is 6.42. The van der Waals surface area contributed by atoms with Gasteiger partial charge in [0.15, 0.2) is 9.84 Å². The second-order valence-electron chi connectivity index (χ2n) is 9.54. The average Bonchev–Trinajstić information content (AvgIpc) is 3.46. The number of carbonyl (C=O) groups is 1. The number of nitrogens with one attached hydrogen (secondary N) is 2. The topological polar surface area (TPSA) is 125 Å². The van der Waals surface area contributed by atoms with E-state index in [0.717, 1.165) is 12.4 Å². The van der Waals surface area contributed by atoms with Gasteiger partial charge in [-0.25, -0.2) is 17.8 Å². The quantitative estimate of drug-likeness (QED) is 0.412. The van der Waals surface area contributed by atoms with Crippen LogP contribution in [0.2, 0.25) is 0 Å². The third-order valence-electron chi connectivity index (χ3n) is 7.00. The molecule has 0 radical (unpaired) electrons. The number of hydrogen-bond donors (Lipinski definition) is 2. The van der Waals surface area contributed by atoms with Crippen LogP contribution >= 0.6 is 0 Å². The van der Waals surface area contributed by atoms with Gasteiger partial charge in [-0.2, -0.15) is 8.78 Å². The second-order valence-corrected chi connectivity index (χ2v) is 11.7. The number of nitrogens with zero attached hydrogens (tertiary/aromatic N) is 3. The normalized spacial score (nSPS) is 24.4.